The fourth-order valence-electron chi connectivity index (χ4n) is 1.45. The quantitative estimate of drug-likeness (QED) is 0.829. The van der Waals surface area contributed by atoms with Crippen molar-refractivity contribution >= 4 is 18.2 Å². The minimum absolute atomic E-state index is 0.336. The van der Waals surface area contributed by atoms with E-state index in [1.165, 1.54) is 4.90 Å². The van der Waals surface area contributed by atoms with Crippen molar-refractivity contribution in [2.24, 2.45) is 0 Å². The van der Waals surface area contributed by atoms with Crippen LogP contribution in [0, 0.1) is 0 Å². The molecular formula is C14H20N2O3. The SMILES string of the molecule is CC(C)(C)OC(=O)NCCN(C=O)c1ccccc1. The molecule has 19 heavy (non-hydrogen) atoms. The summed E-state index contributed by atoms with van der Waals surface area (Å²) in [5, 5.41) is 2.61. The zero-order chi connectivity index (χ0) is 14.3. The number of anilines is 1. The molecule has 2 amide bonds. The third kappa shape index (κ3) is 5.90. The third-order valence-electron chi connectivity index (χ3n) is 2.24. The molecule has 0 bridgehead atoms. The molecule has 0 atom stereocenters. The molecule has 0 aromatic heterocycles. The number of amides is 2. The van der Waals surface area contributed by atoms with Crippen molar-refractivity contribution in [1.29, 1.82) is 0 Å². The molecule has 0 spiro atoms. The molecule has 1 N–H and O–H groups in total. The number of carbonyl (C=O) groups is 2. The van der Waals surface area contributed by atoms with Gasteiger partial charge in [-0.05, 0) is 32.9 Å². The number of ether oxygens (including phenoxy) is 1. The van der Waals surface area contributed by atoms with Gasteiger partial charge in [-0.25, -0.2) is 4.79 Å². The molecule has 1 rings (SSSR count). The molecule has 5 heteroatoms. The van der Waals surface area contributed by atoms with E-state index in [0.29, 0.717) is 13.1 Å². The van der Waals surface area contributed by atoms with Crippen molar-refractivity contribution in [3.8, 4) is 0 Å². The first-order chi connectivity index (χ1) is 8.92. The second-order valence-electron chi connectivity index (χ2n) is 5.06. The van der Waals surface area contributed by atoms with Gasteiger partial charge >= 0.3 is 6.09 Å². The average Bonchev–Trinajstić information content (AvgIpc) is 2.33. The van der Waals surface area contributed by atoms with Crippen molar-refractivity contribution in [3.05, 3.63) is 30.3 Å². The van der Waals surface area contributed by atoms with Crippen LogP contribution >= 0.6 is 0 Å². The zero-order valence-corrected chi connectivity index (χ0v) is 11.6. The number of nitrogens with one attached hydrogen (secondary N) is 1. The van der Waals surface area contributed by atoms with Crippen LogP contribution in [0.5, 0.6) is 0 Å². The van der Waals surface area contributed by atoms with Crippen LogP contribution in [-0.4, -0.2) is 31.2 Å². The molecule has 1 aromatic carbocycles. The van der Waals surface area contributed by atoms with Crippen LogP contribution in [0.4, 0.5) is 10.5 Å². The van der Waals surface area contributed by atoms with Gasteiger partial charge in [0.25, 0.3) is 0 Å². The lowest BCUT2D eigenvalue weighted by atomic mass is 10.2. The van der Waals surface area contributed by atoms with Crippen molar-refractivity contribution in [1.82, 2.24) is 5.32 Å². The lowest BCUT2D eigenvalue weighted by Gasteiger charge is -2.21. The molecule has 104 valence electrons. The summed E-state index contributed by atoms with van der Waals surface area (Å²) in [5.74, 6) is 0. The average molecular weight is 264 g/mol. The Balaban J connectivity index is 2.39. The largest absolute Gasteiger partial charge is 0.444 e. The Morgan fingerprint density at radius 3 is 2.47 bits per heavy atom. The standard InChI is InChI=1S/C14H20N2O3/c1-14(2,3)19-13(18)15-9-10-16(11-17)12-7-5-4-6-8-12/h4-8,11H,9-10H2,1-3H3,(H,15,18). The Morgan fingerprint density at radius 1 is 1.32 bits per heavy atom. The van der Waals surface area contributed by atoms with Gasteiger partial charge in [0.05, 0.1) is 0 Å². The molecule has 0 unspecified atom stereocenters. The van der Waals surface area contributed by atoms with E-state index in [1.807, 2.05) is 30.3 Å². The Hall–Kier alpha value is -2.04. The van der Waals surface area contributed by atoms with E-state index in [4.69, 9.17) is 4.74 Å². The summed E-state index contributed by atoms with van der Waals surface area (Å²) in [6.45, 7) is 6.13. The van der Waals surface area contributed by atoms with Crippen LogP contribution in [0.15, 0.2) is 30.3 Å². The fourth-order valence-corrected chi connectivity index (χ4v) is 1.45. The molecule has 0 aliphatic rings. The summed E-state index contributed by atoms with van der Waals surface area (Å²) in [7, 11) is 0. The second-order valence-corrected chi connectivity index (χ2v) is 5.06. The highest BCUT2D eigenvalue weighted by atomic mass is 16.6. The summed E-state index contributed by atoms with van der Waals surface area (Å²) in [4.78, 5) is 23.9. The lowest BCUT2D eigenvalue weighted by Crippen LogP contribution is -2.37. The number of alkyl carbamates (subject to hydrolysis) is 1. The number of hydrogen-bond acceptors (Lipinski definition) is 3. The third-order valence-corrected chi connectivity index (χ3v) is 2.24. The molecule has 0 aliphatic carbocycles. The van der Waals surface area contributed by atoms with Crippen LogP contribution < -0.4 is 10.2 Å². The molecule has 0 saturated heterocycles. The van der Waals surface area contributed by atoms with E-state index < -0.39 is 11.7 Å². The van der Waals surface area contributed by atoms with Gasteiger partial charge in [-0.15, -0.1) is 0 Å². The Bertz CT molecular complexity index is 412. The molecule has 0 aliphatic heterocycles. The zero-order valence-electron chi connectivity index (χ0n) is 11.6. The summed E-state index contributed by atoms with van der Waals surface area (Å²) >= 11 is 0. The maximum absolute atomic E-state index is 11.4. The number of carbonyl (C=O) groups excluding carboxylic acids is 2. The highest BCUT2D eigenvalue weighted by Crippen LogP contribution is 2.10. The van der Waals surface area contributed by atoms with Crippen LogP contribution in [0.2, 0.25) is 0 Å². The highest BCUT2D eigenvalue weighted by molar-refractivity contribution is 5.75. The van der Waals surface area contributed by atoms with E-state index in [1.54, 1.807) is 20.8 Å². The number of hydrogen-bond donors (Lipinski definition) is 1. The second kappa shape index (κ2) is 6.78. The predicted molar refractivity (Wildman–Crippen MR) is 74.1 cm³/mol. The van der Waals surface area contributed by atoms with Gasteiger partial charge in [0.15, 0.2) is 0 Å². The van der Waals surface area contributed by atoms with Gasteiger partial charge in [0.2, 0.25) is 6.41 Å². The van der Waals surface area contributed by atoms with Gasteiger partial charge in [-0.2, -0.15) is 0 Å². The first kappa shape index (κ1) is 15.0. The molecule has 0 saturated carbocycles. The van der Waals surface area contributed by atoms with Crippen molar-refractivity contribution in [2.45, 2.75) is 26.4 Å². The summed E-state index contributed by atoms with van der Waals surface area (Å²) in [6.07, 6.45) is 0.262. The van der Waals surface area contributed by atoms with Crippen LogP contribution in [-0.2, 0) is 9.53 Å². The molecule has 1 aromatic rings. The van der Waals surface area contributed by atoms with Gasteiger partial charge in [-0.1, -0.05) is 18.2 Å². The molecule has 0 heterocycles. The van der Waals surface area contributed by atoms with Gasteiger partial charge < -0.3 is 15.0 Å². The Morgan fingerprint density at radius 2 is 1.95 bits per heavy atom. The topological polar surface area (TPSA) is 58.6 Å². The van der Waals surface area contributed by atoms with Crippen molar-refractivity contribution in [2.75, 3.05) is 18.0 Å². The van der Waals surface area contributed by atoms with E-state index >= 15 is 0 Å². The first-order valence-corrected chi connectivity index (χ1v) is 6.16. The summed E-state index contributed by atoms with van der Waals surface area (Å²) in [6, 6.07) is 9.26. The van der Waals surface area contributed by atoms with E-state index in [-0.39, 0.29) is 0 Å². The maximum Gasteiger partial charge on any atom is 0.407 e. The van der Waals surface area contributed by atoms with Crippen molar-refractivity contribution in [3.63, 3.8) is 0 Å². The molecule has 0 radical (unpaired) electrons. The lowest BCUT2D eigenvalue weighted by molar-refractivity contribution is -0.107. The molecule has 5 nitrogen and oxygen atoms in total. The van der Waals surface area contributed by atoms with E-state index in [2.05, 4.69) is 5.32 Å². The molecular weight excluding hydrogens is 244 g/mol. The highest BCUT2D eigenvalue weighted by Gasteiger charge is 2.15. The van der Waals surface area contributed by atoms with Crippen LogP contribution in [0.25, 0.3) is 0 Å². The van der Waals surface area contributed by atoms with Crippen molar-refractivity contribution < 1.29 is 14.3 Å². The van der Waals surface area contributed by atoms with Crippen LogP contribution in [0.3, 0.4) is 0 Å². The number of nitrogens with zero attached hydrogens (tertiary/aromatic N) is 1. The van der Waals surface area contributed by atoms with Gasteiger partial charge in [0.1, 0.15) is 5.60 Å². The fraction of sp³-hybridized carbons (Fsp3) is 0.429. The monoisotopic (exact) mass is 264 g/mol. The smallest absolute Gasteiger partial charge is 0.407 e. The van der Waals surface area contributed by atoms with Crippen LogP contribution in [0.1, 0.15) is 20.8 Å². The molecule has 0 fully saturated rings. The number of para-hydroxylation sites is 1. The minimum atomic E-state index is -0.520. The summed E-state index contributed by atoms with van der Waals surface area (Å²) in [5.41, 5.74) is 0.275. The van der Waals surface area contributed by atoms with Gasteiger partial charge in [-0.3, -0.25) is 4.79 Å². The Labute approximate surface area is 113 Å². The normalized spacial score (nSPS) is 10.7. The maximum atomic E-state index is 11.4. The Kier molecular flexibility index (Phi) is 5.36. The van der Waals surface area contributed by atoms with Gasteiger partial charge in [0, 0.05) is 18.8 Å². The predicted octanol–water partition coefficient (Wildman–Crippen LogP) is 2.17. The summed E-state index contributed by atoms with van der Waals surface area (Å²) < 4.78 is 5.10. The number of rotatable bonds is 5. The minimum Gasteiger partial charge on any atom is -0.444 e. The van der Waals surface area contributed by atoms with E-state index in [9.17, 15) is 9.59 Å². The first-order valence-electron chi connectivity index (χ1n) is 6.16. The van der Waals surface area contributed by atoms with E-state index in [0.717, 1.165) is 12.1 Å². The number of benzene rings is 1.